The number of nitrogens with two attached hydrogens (primary N) is 1. The number of halogens is 1. The number of nitrogens with one attached hydrogen (secondary N) is 1. The molecule has 4 aromatic rings. The Balaban J connectivity index is 1.62. The van der Waals surface area contributed by atoms with Gasteiger partial charge in [-0.05, 0) is 18.2 Å². The first kappa shape index (κ1) is 17.2. The number of anilines is 2. The highest BCUT2D eigenvalue weighted by Gasteiger charge is 2.17. The Morgan fingerprint density at radius 3 is 2.93 bits per heavy atom. The highest BCUT2D eigenvalue weighted by Crippen LogP contribution is 2.23. The van der Waals surface area contributed by atoms with Crippen LogP contribution < -0.4 is 11.1 Å². The molecule has 3 heterocycles. The maximum Gasteiger partial charge on any atom is 0.260 e. The maximum atomic E-state index is 13.3. The van der Waals surface area contributed by atoms with Crippen LogP contribution in [-0.2, 0) is 7.05 Å². The zero-order valence-corrected chi connectivity index (χ0v) is 14.6. The Hall–Kier alpha value is -4.26. The molecule has 0 bridgehead atoms. The Labute approximate surface area is 157 Å². The SMILES string of the molecule is Cn1ncc2c(N)c(C(=O)Nc3ccn(-c4ccc(F)cc4C#N)n3)cnc21. The summed E-state index contributed by atoms with van der Waals surface area (Å²) >= 11 is 0. The highest BCUT2D eigenvalue weighted by atomic mass is 19.1. The second kappa shape index (κ2) is 6.48. The van der Waals surface area contributed by atoms with E-state index in [2.05, 4.69) is 20.5 Å². The lowest BCUT2D eigenvalue weighted by molar-refractivity contribution is 0.102. The van der Waals surface area contributed by atoms with E-state index < -0.39 is 11.7 Å². The lowest BCUT2D eigenvalue weighted by Gasteiger charge is -2.07. The minimum Gasteiger partial charge on any atom is -0.397 e. The molecule has 4 rings (SSSR count). The molecule has 0 radical (unpaired) electrons. The Morgan fingerprint density at radius 2 is 2.14 bits per heavy atom. The van der Waals surface area contributed by atoms with Gasteiger partial charge in [-0.25, -0.2) is 14.1 Å². The second-order valence-electron chi connectivity index (χ2n) is 5.96. The number of nitrogens with zero attached hydrogens (tertiary/aromatic N) is 6. The largest absolute Gasteiger partial charge is 0.397 e. The summed E-state index contributed by atoms with van der Waals surface area (Å²) in [5.41, 5.74) is 7.62. The fourth-order valence-electron chi connectivity index (χ4n) is 2.80. The molecular formula is C18H13FN8O. The number of hydrogen-bond acceptors (Lipinski definition) is 6. The monoisotopic (exact) mass is 376 g/mol. The van der Waals surface area contributed by atoms with Gasteiger partial charge in [0.2, 0.25) is 0 Å². The molecular weight excluding hydrogens is 363 g/mol. The zero-order valence-electron chi connectivity index (χ0n) is 14.6. The number of aryl methyl sites for hydroxylation is 1. The molecule has 0 saturated heterocycles. The molecule has 0 fully saturated rings. The lowest BCUT2D eigenvalue weighted by atomic mass is 10.2. The Morgan fingerprint density at radius 1 is 1.32 bits per heavy atom. The summed E-state index contributed by atoms with van der Waals surface area (Å²) in [5.74, 6) is -0.765. The lowest BCUT2D eigenvalue weighted by Crippen LogP contribution is -2.15. The van der Waals surface area contributed by atoms with Crippen LogP contribution in [0.3, 0.4) is 0 Å². The molecule has 9 nitrogen and oxygen atoms in total. The van der Waals surface area contributed by atoms with Crippen molar-refractivity contribution >= 4 is 28.4 Å². The number of carbonyl (C=O) groups excluding carboxylic acids is 1. The van der Waals surface area contributed by atoms with E-state index >= 15 is 0 Å². The van der Waals surface area contributed by atoms with Gasteiger partial charge in [-0.3, -0.25) is 9.48 Å². The molecule has 0 atom stereocenters. The van der Waals surface area contributed by atoms with Gasteiger partial charge in [0, 0.05) is 25.5 Å². The minimum atomic E-state index is -0.519. The minimum absolute atomic E-state index is 0.122. The number of nitrogen functional groups attached to an aromatic ring is 1. The first-order chi connectivity index (χ1) is 13.5. The maximum absolute atomic E-state index is 13.3. The van der Waals surface area contributed by atoms with Crippen LogP contribution in [-0.4, -0.2) is 30.5 Å². The molecule has 0 unspecified atom stereocenters. The van der Waals surface area contributed by atoms with Crippen molar-refractivity contribution in [3.8, 4) is 11.8 Å². The molecule has 0 aliphatic carbocycles. The molecule has 3 N–H and O–H groups in total. The number of rotatable bonds is 3. The summed E-state index contributed by atoms with van der Waals surface area (Å²) < 4.78 is 16.2. The van der Waals surface area contributed by atoms with Gasteiger partial charge in [0.1, 0.15) is 11.9 Å². The van der Waals surface area contributed by atoms with E-state index in [0.29, 0.717) is 16.7 Å². The number of nitriles is 1. The third-order valence-electron chi connectivity index (χ3n) is 4.20. The predicted molar refractivity (Wildman–Crippen MR) is 99.1 cm³/mol. The van der Waals surface area contributed by atoms with Crippen molar-refractivity contribution < 1.29 is 9.18 Å². The molecule has 138 valence electrons. The van der Waals surface area contributed by atoms with Crippen LogP contribution in [0.5, 0.6) is 0 Å². The smallest absolute Gasteiger partial charge is 0.260 e. The fourth-order valence-corrected chi connectivity index (χ4v) is 2.80. The van der Waals surface area contributed by atoms with Crippen molar-refractivity contribution in [1.82, 2.24) is 24.5 Å². The van der Waals surface area contributed by atoms with Crippen molar-refractivity contribution in [1.29, 1.82) is 5.26 Å². The van der Waals surface area contributed by atoms with Gasteiger partial charge in [0.05, 0.1) is 34.1 Å². The summed E-state index contributed by atoms with van der Waals surface area (Å²) in [5, 5.41) is 20.7. The number of benzene rings is 1. The third-order valence-corrected chi connectivity index (χ3v) is 4.20. The van der Waals surface area contributed by atoms with Crippen molar-refractivity contribution in [2.45, 2.75) is 0 Å². The average Bonchev–Trinajstić information content (AvgIpc) is 3.29. The van der Waals surface area contributed by atoms with Crippen LogP contribution in [0.2, 0.25) is 0 Å². The Bertz CT molecular complexity index is 1270. The van der Waals surface area contributed by atoms with Crippen molar-refractivity contribution in [3.05, 3.63) is 59.8 Å². The number of carbonyl (C=O) groups is 1. The van der Waals surface area contributed by atoms with Crippen LogP contribution in [0.4, 0.5) is 15.9 Å². The van der Waals surface area contributed by atoms with Gasteiger partial charge >= 0.3 is 0 Å². The molecule has 1 amide bonds. The standard InChI is InChI=1S/C18H13FN8O/c1-26-17-12(9-23-26)16(21)13(8-22-17)18(28)24-15-4-5-27(25-15)14-3-2-11(19)6-10(14)7-20/h2-6,8-9H,1H3,(H2,21,22)(H,24,25,28). The Kier molecular flexibility index (Phi) is 3.97. The summed E-state index contributed by atoms with van der Waals surface area (Å²) in [4.78, 5) is 16.8. The first-order valence-electron chi connectivity index (χ1n) is 8.11. The summed E-state index contributed by atoms with van der Waals surface area (Å²) in [6, 6.07) is 7.25. The quantitative estimate of drug-likeness (QED) is 0.563. The van der Waals surface area contributed by atoms with E-state index in [0.717, 1.165) is 6.07 Å². The number of pyridine rings is 1. The number of hydrogen-bond donors (Lipinski definition) is 2. The zero-order chi connectivity index (χ0) is 19.8. The summed E-state index contributed by atoms with van der Waals surface area (Å²) in [6.45, 7) is 0. The fraction of sp³-hybridized carbons (Fsp3) is 0.0556. The van der Waals surface area contributed by atoms with Crippen molar-refractivity contribution in [2.75, 3.05) is 11.1 Å². The van der Waals surface area contributed by atoms with Gasteiger partial charge in [0.25, 0.3) is 5.91 Å². The molecule has 10 heteroatoms. The molecule has 0 saturated carbocycles. The van der Waals surface area contributed by atoms with E-state index in [-0.39, 0.29) is 22.6 Å². The molecule has 28 heavy (non-hydrogen) atoms. The molecule has 0 aliphatic heterocycles. The number of aromatic nitrogens is 5. The van der Waals surface area contributed by atoms with Crippen molar-refractivity contribution in [2.24, 2.45) is 7.05 Å². The topological polar surface area (TPSA) is 127 Å². The molecule has 1 aromatic carbocycles. The summed E-state index contributed by atoms with van der Waals surface area (Å²) in [7, 11) is 1.73. The van der Waals surface area contributed by atoms with Gasteiger partial charge in [-0.2, -0.15) is 15.5 Å². The van der Waals surface area contributed by atoms with Gasteiger partial charge in [-0.15, -0.1) is 0 Å². The van der Waals surface area contributed by atoms with Crippen molar-refractivity contribution in [3.63, 3.8) is 0 Å². The number of fused-ring (bicyclic) bond motifs is 1. The van der Waals surface area contributed by atoms with E-state index in [4.69, 9.17) is 11.0 Å². The van der Waals surface area contributed by atoms with E-state index in [9.17, 15) is 9.18 Å². The molecule has 0 spiro atoms. The van der Waals surface area contributed by atoms with E-state index in [1.165, 1.54) is 23.0 Å². The van der Waals surface area contributed by atoms with Gasteiger partial charge in [-0.1, -0.05) is 0 Å². The van der Waals surface area contributed by atoms with Crippen LogP contribution in [0.15, 0.2) is 42.9 Å². The van der Waals surface area contributed by atoms with E-state index in [1.807, 2.05) is 6.07 Å². The van der Waals surface area contributed by atoms with E-state index in [1.54, 1.807) is 30.2 Å². The molecule has 0 aliphatic rings. The van der Waals surface area contributed by atoms with Crippen LogP contribution >= 0.6 is 0 Å². The normalized spacial score (nSPS) is 10.8. The third kappa shape index (κ3) is 2.80. The molecule has 3 aromatic heterocycles. The second-order valence-corrected chi connectivity index (χ2v) is 5.96. The van der Waals surface area contributed by atoms with Crippen LogP contribution in [0.1, 0.15) is 15.9 Å². The average molecular weight is 376 g/mol. The van der Waals surface area contributed by atoms with Gasteiger partial charge < -0.3 is 11.1 Å². The van der Waals surface area contributed by atoms with Gasteiger partial charge in [0.15, 0.2) is 11.5 Å². The summed E-state index contributed by atoms with van der Waals surface area (Å²) in [6.07, 6.45) is 4.47. The predicted octanol–water partition coefficient (Wildman–Crippen LogP) is 2.00. The number of amides is 1. The highest BCUT2D eigenvalue weighted by molar-refractivity contribution is 6.11. The van der Waals surface area contributed by atoms with Crippen LogP contribution in [0, 0.1) is 17.1 Å². The first-order valence-corrected chi connectivity index (χ1v) is 8.11. The van der Waals surface area contributed by atoms with Crippen LogP contribution in [0.25, 0.3) is 16.7 Å².